The molecule has 0 amide bonds. The van der Waals surface area contributed by atoms with E-state index in [1.807, 2.05) is 11.8 Å². The summed E-state index contributed by atoms with van der Waals surface area (Å²) >= 11 is 1.82. The summed E-state index contributed by atoms with van der Waals surface area (Å²) < 4.78 is 7.02. The van der Waals surface area contributed by atoms with Crippen LogP contribution in [0.5, 0.6) is 0 Å². The summed E-state index contributed by atoms with van der Waals surface area (Å²) in [6, 6.07) is 21.2. The largest absolute Gasteiger partial charge is 0.447 e. The minimum atomic E-state index is 0.0116. The van der Waals surface area contributed by atoms with E-state index >= 15 is 0 Å². The predicted octanol–water partition coefficient (Wildman–Crippen LogP) is 14.9. The third-order valence-electron chi connectivity index (χ3n) is 13.3. The van der Waals surface area contributed by atoms with Crippen LogP contribution in [-0.4, -0.2) is 6.04 Å². The highest BCUT2D eigenvalue weighted by molar-refractivity contribution is 7.99. The van der Waals surface area contributed by atoms with E-state index in [0.29, 0.717) is 5.92 Å². The van der Waals surface area contributed by atoms with Gasteiger partial charge in [0.05, 0.1) is 11.7 Å². The van der Waals surface area contributed by atoms with Gasteiger partial charge in [-0.25, -0.2) is 0 Å². The first-order valence-corrected chi connectivity index (χ1v) is 21.3. The molecule has 3 aromatic carbocycles. The number of fused-ring (bicyclic) bond motifs is 6. The molecule has 8 rings (SSSR count). The van der Waals surface area contributed by atoms with E-state index in [4.69, 9.17) is 4.42 Å². The van der Waals surface area contributed by atoms with Crippen LogP contribution in [0, 0.1) is 0 Å². The van der Waals surface area contributed by atoms with Gasteiger partial charge in [-0.05, 0) is 168 Å². The summed E-state index contributed by atoms with van der Waals surface area (Å²) in [5.74, 6) is 0.375. The number of furan rings is 1. The molecule has 3 aliphatic carbocycles. The number of allylic oxidation sites excluding steroid dienone is 4. The second-order valence-corrected chi connectivity index (χ2v) is 19.7. The Morgan fingerprint density at radius 2 is 1.69 bits per heavy atom. The van der Waals surface area contributed by atoms with Gasteiger partial charge in [-0.2, -0.15) is 0 Å². The van der Waals surface area contributed by atoms with Crippen LogP contribution >= 0.6 is 11.8 Å². The number of anilines is 3. The second-order valence-electron chi connectivity index (χ2n) is 18.7. The lowest BCUT2D eigenvalue weighted by atomic mass is 9.63. The van der Waals surface area contributed by atoms with Gasteiger partial charge in [0.1, 0.15) is 11.3 Å². The smallest absolute Gasteiger partial charge is 0.190 e. The molecule has 54 heavy (non-hydrogen) atoms. The van der Waals surface area contributed by atoms with Crippen LogP contribution in [0.25, 0.3) is 11.0 Å². The molecular formula is C50H60N2OS. The maximum Gasteiger partial charge on any atom is 0.190 e. The van der Waals surface area contributed by atoms with Gasteiger partial charge < -0.3 is 14.2 Å². The number of hydrogen-bond donors (Lipinski definition) is 0. The van der Waals surface area contributed by atoms with E-state index in [2.05, 4.69) is 165 Å². The molecule has 0 N–H and O–H groups in total. The fraction of sp³-hybridized carbons (Fsp3) is 0.440. The zero-order valence-corrected chi connectivity index (χ0v) is 35.4. The minimum Gasteiger partial charge on any atom is -0.447 e. The maximum absolute atomic E-state index is 7.02. The first-order chi connectivity index (χ1) is 25.6. The summed E-state index contributed by atoms with van der Waals surface area (Å²) in [4.78, 5) is 6.48. The molecule has 0 saturated heterocycles. The molecule has 0 spiro atoms. The van der Waals surface area contributed by atoms with E-state index in [9.17, 15) is 0 Å². The van der Waals surface area contributed by atoms with Crippen molar-refractivity contribution < 1.29 is 4.42 Å². The second kappa shape index (κ2) is 13.4. The first-order valence-electron chi connectivity index (χ1n) is 20.5. The Balaban J connectivity index is 1.48. The summed E-state index contributed by atoms with van der Waals surface area (Å²) in [5, 5.41) is 2.14. The Labute approximate surface area is 329 Å². The highest BCUT2D eigenvalue weighted by atomic mass is 32.2. The van der Waals surface area contributed by atoms with Crippen molar-refractivity contribution in [3.63, 3.8) is 0 Å². The monoisotopic (exact) mass is 736 g/mol. The van der Waals surface area contributed by atoms with Crippen molar-refractivity contribution in [2.75, 3.05) is 9.80 Å². The van der Waals surface area contributed by atoms with Gasteiger partial charge in [0, 0.05) is 27.4 Å². The Morgan fingerprint density at radius 1 is 0.944 bits per heavy atom. The zero-order chi connectivity index (χ0) is 38.3. The number of benzene rings is 3. The van der Waals surface area contributed by atoms with Crippen LogP contribution in [0.3, 0.4) is 0 Å². The molecule has 1 aromatic heterocycles. The van der Waals surface area contributed by atoms with Gasteiger partial charge in [0.2, 0.25) is 0 Å². The topological polar surface area (TPSA) is 19.6 Å². The molecule has 1 aliphatic heterocycles. The average molecular weight is 737 g/mol. The predicted molar refractivity (Wildman–Crippen MR) is 232 cm³/mol. The van der Waals surface area contributed by atoms with Crippen LogP contribution in [0.15, 0.2) is 116 Å². The Hall–Kier alpha value is -3.89. The van der Waals surface area contributed by atoms with Crippen molar-refractivity contribution in [3.8, 4) is 0 Å². The zero-order valence-electron chi connectivity index (χ0n) is 34.6. The molecule has 0 saturated carbocycles. The third kappa shape index (κ3) is 6.12. The van der Waals surface area contributed by atoms with E-state index < -0.39 is 0 Å². The van der Waals surface area contributed by atoms with Crippen molar-refractivity contribution in [1.29, 1.82) is 0 Å². The number of para-hydroxylation sites is 1. The van der Waals surface area contributed by atoms with E-state index in [1.165, 1.54) is 85.0 Å². The molecule has 282 valence electrons. The summed E-state index contributed by atoms with van der Waals surface area (Å²) in [7, 11) is 0. The van der Waals surface area contributed by atoms with Crippen molar-refractivity contribution in [2.24, 2.45) is 0 Å². The van der Waals surface area contributed by atoms with E-state index in [1.54, 1.807) is 0 Å². The lowest BCUT2D eigenvalue weighted by Crippen LogP contribution is -2.37. The average Bonchev–Trinajstić information content (AvgIpc) is 3.49. The lowest BCUT2D eigenvalue weighted by Gasteiger charge is -2.43. The van der Waals surface area contributed by atoms with Gasteiger partial charge in [-0.3, -0.25) is 0 Å². The number of hydrogen-bond acceptors (Lipinski definition) is 4. The minimum absolute atomic E-state index is 0.0116. The lowest BCUT2D eigenvalue weighted by molar-refractivity contribution is 0.332. The Kier molecular flexibility index (Phi) is 9.19. The van der Waals surface area contributed by atoms with E-state index in [-0.39, 0.29) is 22.3 Å². The van der Waals surface area contributed by atoms with Gasteiger partial charge in [0.15, 0.2) is 5.09 Å². The normalized spacial score (nSPS) is 20.8. The SMILES string of the molecule is CCC(C)(C)c1cc2c(cc1C(C)C)Sc1oc3ccccc3c1N(C1=C(C)CCC=C1C)C1C=C(C=CC1)N2c1ccc2c(c1)C(C)(C)CCC2(C)C. The number of rotatable bonds is 5. The molecule has 0 fully saturated rings. The Bertz CT molecular complexity index is 2270. The molecule has 4 aliphatic rings. The molecular weight excluding hydrogens is 677 g/mol. The molecule has 2 heterocycles. The van der Waals surface area contributed by atoms with Crippen LogP contribution < -0.4 is 9.80 Å². The molecule has 2 bridgehead atoms. The highest BCUT2D eigenvalue weighted by Gasteiger charge is 2.39. The summed E-state index contributed by atoms with van der Waals surface area (Å²) in [5.41, 5.74) is 16.1. The van der Waals surface area contributed by atoms with Crippen LogP contribution in [0.4, 0.5) is 17.1 Å². The summed E-state index contributed by atoms with van der Waals surface area (Å²) in [6.45, 7) is 26.3. The van der Waals surface area contributed by atoms with Gasteiger partial charge >= 0.3 is 0 Å². The molecule has 4 aromatic rings. The molecule has 4 heteroatoms. The maximum atomic E-state index is 7.02. The van der Waals surface area contributed by atoms with Crippen LogP contribution in [0.2, 0.25) is 0 Å². The van der Waals surface area contributed by atoms with Gasteiger partial charge in [0.25, 0.3) is 0 Å². The quantitative estimate of drug-likeness (QED) is 0.203. The van der Waals surface area contributed by atoms with Crippen molar-refractivity contribution in [3.05, 3.63) is 124 Å². The molecule has 3 nitrogen and oxygen atoms in total. The molecule has 1 atom stereocenters. The van der Waals surface area contributed by atoms with Crippen molar-refractivity contribution in [2.45, 2.75) is 153 Å². The fourth-order valence-electron chi connectivity index (χ4n) is 9.52. The van der Waals surface area contributed by atoms with Gasteiger partial charge in [-0.15, -0.1) is 0 Å². The van der Waals surface area contributed by atoms with E-state index in [0.717, 1.165) is 36.4 Å². The standard InChI is InChI=1S/C50H60N2OS/c1-12-48(6,7)40-30-42-44(29-38(40)31(2)3)54-47-46(37-21-13-14-22-43(37)53-47)52(45-32(4)17-15-18-33(45)5)35-20-16-19-34(27-35)51(42)36-23-24-39-41(28-36)50(10,11)26-25-49(39,8)9/h13-14,16-17,19,21-24,27-31,35H,12,15,18,20,25-26H2,1-11H3. The van der Waals surface area contributed by atoms with Crippen LogP contribution in [0.1, 0.15) is 143 Å². The number of nitrogens with zero attached hydrogens (tertiary/aromatic N) is 2. The first kappa shape index (κ1) is 37.1. The summed E-state index contributed by atoms with van der Waals surface area (Å²) in [6.07, 6.45) is 16.3. The highest BCUT2D eigenvalue weighted by Crippen LogP contribution is 2.54. The van der Waals surface area contributed by atoms with Crippen LogP contribution in [-0.2, 0) is 16.2 Å². The Morgan fingerprint density at radius 3 is 2.41 bits per heavy atom. The fourth-order valence-corrected chi connectivity index (χ4v) is 10.6. The van der Waals surface area contributed by atoms with Crippen molar-refractivity contribution in [1.82, 2.24) is 0 Å². The van der Waals surface area contributed by atoms with Gasteiger partial charge in [-0.1, -0.05) is 92.7 Å². The molecule has 0 radical (unpaired) electrons. The molecule has 1 unspecified atom stereocenters. The van der Waals surface area contributed by atoms with Crippen molar-refractivity contribution >= 4 is 39.8 Å². The third-order valence-corrected chi connectivity index (χ3v) is 14.3.